The van der Waals surface area contributed by atoms with Crippen molar-refractivity contribution in [1.82, 2.24) is 0 Å². The number of ether oxygens (including phenoxy) is 1. The fourth-order valence-electron chi connectivity index (χ4n) is 1.24. The SMILES string of the molecule is C=CCCOCCNc1c(N)cccc1Cl. The lowest BCUT2D eigenvalue weighted by atomic mass is 10.2. The molecule has 16 heavy (non-hydrogen) atoms. The van der Waals surface area contributed by atoms with E-state index in [0.717, 1.165) is 12.1 Å². The zero-order chi connectivity index (χ0) is 11.8. The molecule has 0 aliphatic carbocycles. The molecule has 0 bridgehead atoms. The van der Waals surface area contributed by atoms with Crippen molar-refractivity contribution in [3.05, 3.63) is 35.9 Å². The van der Waals surface area contributed by atoms with Gasteiger partial charge in [-0.3, -0.25) is 0 Å². The number of halogens is 1. The largest absolute Gasteiger partial charge is 0.397 e. The summed E-state index contributed by atoms with van der Waals surface area (Å²) < 4.78 is 5.36. The third kappa shape index (κ3) is 4.13. The standard InChI is InChI=1S/C12H17ClN2O/c1-2-3-8-16-9-7-15-12-10(13)5-4-6-11(12)14/h2,4-6,15H,1,3,7-9,14H2. The van der Waals surface area contributed by atoms with Gasteiger partial charge in [0.15, 0.2) is 0 Å². The lowest BCUT2D eigenvalue weighted by Gasteiger charge is -2.10. The fraction of sp³-hybridized carbons (Fsp3) is 0.333. The van der Waals surface area contributed by atoms with E-state index in [1.54, 1.807) is 6.07 Å². The summed E-state index contributed by atoms with van der Waals surface area (Å²) in [7, 11) is 0. The average molecular weight is 241 g/mol. The van der Waals surface area contributed by atoms with E-state index >= 15 is 0 Å². The fourth-order valence-corrected chi connectivity index (χ4v) is 1.49. The molecule has 1 aromatic carbocycles. The predicted octanol–water partition coefficient (Wildman–Crippen LogP) is 2.93. The summed E-state index contributed by atoms with van der Waals surface area (Å²) in [6.45, 7) is 5.63. The topological polar surface area (TPSA) is 47.3 Å². The highest BCUT2D eigenvalue weighted by atomic mass is 35.5. The van der Waals surface area contributed by atoms with E-state index < -0.39 is 0 Å². The van der Waals surface area contributed by atoms with E-state index in [0.29, 0.717) is 30.5 Å². The molecular formula is C12H17ClN2O. The van der Waals surface area contributed by atoms with Gasteiger partial charge in [-0.2, -0.15) is 0 Å². The second kappa shape index (κ2) is 7.14. The van der Waals surface area contributed by atoms with Crippen molar-refractivity contribution in [2.24, 2.45) is 0 Å². The minimum absolute atomic E-state index is 0.624. The number of nitrogens with one attached hydrogen (secondary N) is 1. The Balaban J connectivity index is 2.29. The molecule has 0 aromatic heterocycles. The molecule has 1 aromatic rings. The third-order valence-electron chi connectivity index (χ3n) is 2.06. The van der Waals surface area contributed by atoms with Crippen LogP contribution in [0.1, 0.15) is 6.42 Å². The second-order valence-corrected chi connectivity index (χ2v) is 3.73. The summed E-state index contributed by atoms with van der Waals surface area (Å²) in [6.07, 6.45) is 2.70. The first-order valence-electron chi connectivity index (χ1n) is 5.22. The molecule has 0 radical (unpaired) electrons. The maximum Gasteiger partial charge on any atom is 0.0763 e. The lowest BCUT2D eigenvalue weighted by molar-refractivity contribution is 0.149. The van der Waals surface area contributed by atoms with Crippen molar-refractivity contribution in [3.63, 3.8) is 0 Å². The number of nitrogen functional groups attached to an aromatic ring is 1. The van der Waals surface area contributed by atoms with Crippen molar-refractivity contribution in [1.29, 1.82) is 0 Å². The Hall–Kier alpha value is -1.19. The smallest absolute Gasteiger partial charge is 0.0763 e. The van der Waals surface area contributed by atoms with E-state index in [-0.39, 0.29) is 0 Å². The van der Waals surface area contributed by atoms with Crippen molar-refractivity contribution in [2.75, 3.05) is 30.8 Å². The minimum atomic E-state index is 0.624. The van der Waals surface area contributed by atoms with Crippen LogP contribution in [0.5, 0.6) is 0 Å². The molecule has 0 aliphatic heterocycles. The van der Waals surface area contributed by atoms with Crippen molar-refractivity contribution in [2.45, 2.75) is 6.42 Å². The van der Waals surface area contributed by atoms with Gasteiger partial charge in [-0.05, 0) is 18.6 Å². The maximum absolute atomic E-state index is 6.00. The van der Waals surface area contributed by atoms with Crippen molar-refractivity contribution in [3.8, 4) is 0 Å². The van der Waals surface area contributed by atoms with Crippen LogP contribution in [0.15, 0.2) is 30.9 Å². The van der Waals surface area contributed by atoms with E-state index in [9.17, 15) is 0 Å². The first kappa shape index (κ1) is 12.9. The van der Waals surface area contributed by atoms with E-state index in [2.05, 4.69) is 11.9 Å². The quantitative estimate of drug-likeness (QED) is 0.438. The zero-order valence-electron chi connectivity index (χ0n) is 9.21. The van der Waals surface area contributed by atoms with Crippen molar-refractivity contribution < 1.29 is 4.74 Å². The Morgan fingerprint density at radius 1 is 1.44 bits per heavy atom. The van der Waals surface area contributed by atoms with Crippen LogP contribution in [0.4, 0.5) is 11.4 Å². The number of nitrogens with two attached hydrogens (primary N) is 1. The van der Waals surface area contributed by atoms with E-state index in [1.165, 1.54) is 0 Å². The van der Waals surface area contributed by atoms with Gasteiger partial charge in [-0.25, -0.2) is 0 Å². The Morgan fingerprint density at radius 2 is 2.25 bits per heavy atom. The van der Waals surface area contributed by atoms with Gasteiger partial charge in [0.2, 0.25) is 0 Å². The van der Waals surface area contributed by atoms with Crippen LogP contribution >= 0.6 is 11.6 Å². The van der Waals surface area contributed by atoms with E-state index in [4.69, 9.17) is 22.1 Å². The molecular weight excluding hydrogens is 224 g/mol. The molecule has 3 nitrogen and oxygen atoms in total. The molecule has 0 fully saturated rings. The van der Waals surface area contributed by atoms with Gasteiger partial charge in [0.05, 0.1) is 29.6 Å². The normalized spacial score (nSPS) is 10.1. The number of anilines is 2. The summed E-state index contributed by atoms with van der Waals surface area (Å²) in [4.78, 5) is 0. The lowest BCUT2D eigenvalue weighted by Crippen LogP contribution is -2.11. The minimum Gasteiger partial charge on any atom is -0.397 e. The molecule has 0 heterocycles. The average Bonchev–Trinajstić information content (AvgIpc) is 2.26. The highest BCUT2D eigenvalue weighted by Gasteiger charge is 2.02. The Kier molecular flexibility index (Phi) is 5.75. The number of para-hydroxylation sites is 1. The summed E-state index contributed by atoms with van der Waals surface area (Å²) in [6, 6.07) is 5.44. The van der Waals surface area contributed by atoms with Crippen LogP contribution in [0.2, 0.25) is 5.02 Å². The third-order valence-corrected chi connectivity index (χ3v) is 2.38. The summed E-state index contributed by atoms with van der Waals surface area (Å²) >= 11 is 6.00. The van der Waals surface area contributed by atoms with Gasteiger partial charge in [0, 0.05) is 6.54 Å². The summed E-state index contributed by atoms with van der Waals surface area (Å²) in [5, 5.41) is 3.78. The van der Waals surface area contributed by atoms with Crippen LogP contribution < -0.4 is 11.1 Å². The van der Waals surface area contributed by atoms with Gasteiger partial charge in [0.25, 0.3) is 0 Å². The monoisotopic (exact) mass is 240 g/mol. The summed E-state index contributed by atoms with van der Waals surface area (Å²) in [5.74, 6) is 0. The molecule has 4 heteroatoms. The Morgan fingerprint density at radius 3 is 2.94 bits per heavy atom. The number of rotatable bonds is 7. The molecule has 0 spiro atoms. The highest BCUT2D eigenvalue weighted by Crippen LogP contribution is 2.27. The highest BCUT2D eigenvalue weighted by molar-refractivity contribution is 6.33. The van der Waals surface area contributed by atoms with Crippen LogP contribution in [0, 0.1) is 0 Å². The first-order chi connectivity index (χ1) is 7.75. The molecule has 0 amide bonds. The number of benzene rings is 1. The van der Waals surface area contributed by atoms with Crippen molar-refractivity contribution >= 4 is 23.0 Å². The zero-order valence-corrected chi connectivity index (χ0v) is 9.96. The van der Waals surface area contributed by atoms with Gasteiger partial charge < -0.3 is 15.8 Å². The summed E-state index contributed by atoms with van der Waals surface area (Å²) in [5.41, 5.74) is 7.21. The predicted molar refractivity (Wildman–Crippen MR) is 70.0 cm³/mol. The van der Waals surface area contributed by atoms with Gasteiger partial charge in [0.1, 0.15) is 0 Å². The molecule has 0 saturated carbocycles. The Labute approximate surface area is 101 Å². The van der Waals surface area contributed by atoms with Crippen LogP contribution in [0.25, 0.3) is 0 Å². The molecule has 1 rings (SSSR count). The number of hydrogen-bond donors (Lipinski definition) is 2. The van der Waals surface area contributed by atoms with Gasteiger partial charge >= 0.3 is 0 Å². The molecule has 3 N–H and O–H groups in total. The molecule has 88 valence electrons. The maximum atomic E-state index is 6.00. The van der Waals surface area contributed by atoms with Crippen LogP contribution in [-0.2, 0) is 4.74 Å². The van der Waals surface area contributed by atoms with Crippen LogP contribution in [-0.4, -0.2) is 19.8 Å². The second-order valence-electron chi connectivity index (χ2n) is 3.32. The van der Waals surface area contributed by atoms with E-state index in [1.807, 2.05) is 18.2 Å². The van der Waals surface area contributed by atoms with Gasteiger partial charge in [-0.15, -0.1) is 6.58 Å². The number of hydrogen-bond acceptors (Lipinski definition) is 3. The molecule has 0 saturated heterocycles. The first-order valence-corrected chi connectivity index (χ1v) is 5.60. The Bertz CT molecular complexity index is 322. The van der Waals surface area contributed by atoms with Gasteiger partial charge in [-0.1, -0.05) is 23.7 Å². The van der Waals surface area contributed by atoms with Crippen LogP contribution in [0.3, 0.4) is 0 Å². The molecule has 0 unspecified atom stereocenters. The molecule has 0 atom stereocenters. The molecule has 0 aliphatic rings.